The van der Waals surface area contributed by atoms with E-state index in [1.165, 1.54) is 14.0 Å². The van der Waals surface area contributed by atoms with Crippen LogP contribution >= 0.6 is 0 Å². The van der Waals surface area contributed by atoms with Crippen molar-refractivity contribution in [1.29, 1.82) is 0 Å². The Balaban J connectivity index is 1.54. The average Bonchev–Trinajstić information content (AvgIpc) is 3.37. The third-order valence-corrected chi connectivity index (χ3v) is 12.1. The van der Waals surface area contributed by atoms with Crippen molar-refractivity contribution in [2.75, 3.05) is 7.11 Å². The first-order chi connectivity index (χ1) is 25.2. The maximum absolute atomic E-state index is 13.3. The van der Waals surface area contributed by atoms with Crippen LogP contribution in [0.5, 0.6) is 0 Å². The van der Waals surface area contributed by atoms with Gasteiger partial charge >= 0.3 is 17.9 Å². The number of hydrogen-bond donors (Lipinski definition) is 3. The Labute approximate surface area is 320 Å². The largest absolute Gasteiger partial charge is 0.459 e. The lowest BCUT2D eigenvalue weighted by atomic mass is 9.94. The van der Waals surface area contributed by atoms with Gasteiger partial charge in [0.2, 0.25) is 0 Å². The van der Waals surface area contributed by atoms with Crippen molar-refractivity contribution in [1.82, 2.24) is 0 Å². The first kappa shape index (κ1) is 45.8. The molecule has 13 nitrogen and oxygen atoms in total. The van der Waals surface area contributed by atoms with E-state index in [9.17, 15) is 39.3 Å². The van der Waals surface area contributed by atoms with Crippen LogP contribution in [0.4, 0.5) is 0 Å². The second kappa shape index (κ2) is 20.0. The number of methoxy groups -OCH3 is 1. The van der Waals surface area contributed by atoms with E-state index in [0.29, 0.717) is 18.8 Å². The Bertz CT molecular complexity index is 1350. The number of ether oxygens (including phenoxy) is 5. The second-order valence-corrected chi connectivity index (χ2v) is 16.8. The molecule has 13 atom stereocenters. The molecule has 2 saturated heterocycles. The average molecular weight is 773 g/mol. The molecule has 3 aliphatic rings. The van der Waals surface area contributed by atoms with Crippen molar-refractivity contribution in [3.8, 4) is 0 Å². The van der Waals surface area contributed by atoms with Crippen molar-refractivity contribution in [2.45, 2.75) is 175 Å². The molecule has 54 heavy (non-hydrogen) atoms. The summed E-state index contributed by atoms with van der Waals surface area (Å²) >= 11 is 0. The molecule has 0 radical (unpaired) electrons. The molecule has 3 rings (SSSR count). The first-order valence-electron chi connectivity index (χ1n) is 19.8. The SMILES string of the molecule is CO[C@@H]([C@H](O)CC(=O)[13C@@H](C)[C@@H](O)CC[13C@@H](C)[C@@H]1O[C@@]2(CC[13C@@H]1C)C[13CH2][C@@H](C)[C@H](C[13CH2][C@H](C)C(C)=O)O2)[C@H](OC(=O)C[C@@H](O)C1=[13C](C)C(=O)OC1=O)C(C)C. The Morgan fingerprint density at radius 1 is 0.852 bits per heavy atom. The van der Waals surface area contributed by atoms with Gasteiger partial charge in [0.05, 0.1) is 42.5 Å². The summed E-state index contributed by atoms with van der Waals surface area (Å²) in [5.74, 6) is -4.07. The quantitative estimate of drug-likeness (QED) is 0.0871. The summed E-state index contributed by atoms with van der Waals surface area (Å²) in [5.41, 5.74) is -0.403. The fourth-order valence-corrected chi connectivity index (χ4v) is 8.02. The number of aliphatic hydroxyl groups is 3. The van der Waals surface area contributed by atoms with E-state index in [2.05, 4.69) is 25.5 Å². The maximum atomic E-state index is 13.3. The van der Waals surface area contributed by atoms with Crippen molar-refractivity contribution in [2.24, 2.45) is 35.5 Å². The molecule has 0 aromatic carbocycles. The first-order valence-corrected chi connectivity index (χ1v) is 19.8. The molecular weight excluding hydrogens is 706 g/mol. The molecule has 0 amide bonds. The van der Waals surface area contributed by atoms with Crippen LogP contribution in [0.15, 0.2) is 11.1 Å². The predicted molar refractivity (Wildman–Crippen MR) is 197 cm³/mol. The summed E-state index contributed by atoms with van der Waals surface area (Å²) in [6.45, 7) is 16.5. The number of aliphatic hydroxyl groups excluding tert-OH is 3. The van der Waals surface area contributed by atoms with Crippen LogP contribution in [-0.2, 0) is 47.7 Å². The van der Waals surface area contributed by atoms with Gasteiger partial charge in [-0.25, -0.2) is 9.59 Å². The van der Waals surface area contributed by atoms with E-state index >= 15 is 0 Å². The summed E-state index contributed by atoms with van der Waals surface area (Å²) in [5, 5.41) is 32.7. The zero-order valence-electron chi connectivity index (χ0n) is 34.0. The summed E-state index contributed by atoms with van der Waals surface area (Å²) in [4.78, 5) is 61.6. The van der Waals surface area contributed by atoms with E-state index in [1.807, 2.05) is 6.92 Å². The molecule has 0 aromatic heterocycles. The molecule has 3 N–H and O–H groups in total. The Morgan fingerprint density at radius 3 is 2.04 bits per heavy atom. The normalized spacial score (nSPS) is 29.3. The fourth-order valence-electron chi connectivity index (χ4n) is 8.02. The van der Waals surface area contributed by atoms with Gasteiger partial charge in [-0.3, -0.25) is 14.4 Å². The monoisotopic (exact) mass is 772 g/mol. The maximum Gasteiger partial charge on any atom is 0.345 e. The van der Waals surface area contributed by atoms with Crippen LogP contribution in [0.1, 0.15) is 127 Å². The number of cyclic esters (lactones) is 2. The number of rotatable bonds is 20. The molecule has 0 aromatic rings. The number of carbonyl (C=O) groups is 5. The molecule has 13 heteroatoms. The third kappa shape index (κ3) is 11.7. The number of esters is 3. The van der Waals surface area contributed by atoms with E-state index < -0.39 is 66.6 Å². The smallest absolute Gasteiger partial charge is 0.345 e. The third-order valence-electron chi connectivity index (χ3n) is 12.1. The summed E-state index contributed by atoms with van der Waals surface area (Å²) in [6, 6.07) is 0. The second-order valence-electron chi connectivity index (χ2n) is 16.8. The zero-order valence-corrected chi connectivity index (χ0v) is 34.0. The lowest BCUT2D eigenvalue weighted by Gasteiger charge is -2.51. The van der Waals surface area contributed by atoms with Gasteiger partial charge in [0.1, 0.15) is 23.8 Å². The van der Waals surface area contributed by atoms with Gasteiger partial charge < -0.3 is 39.0 Å². The number of Topliss-reactive ketones (excluding diaryl/α,β-unsaturated/α-hetero) is 2. The highest BCUT2D eigenvalue weighted by molar-refractivity contribution is 6.12. The lowest BCUT2D eigenvalue weighted by molar-refractivity contribution is -0.338. The van der Waals surface area contributed by atoms with Crippen molar-refractivity contribution >= 4 is 29.5 Å². The van der Waals surface area contributed by atoms with Gasteiger partial charge in [0.15, 0.2) is 5.79 Å². The Kier molecular flexibility index (Phi) is 17.0. The van der Waals surface area contributed by atoms with E-state index in [1.54, 1.807) is 27.7 Å². The van der Waals surface area contributed by atoms with Crippen LogP contribution in [-0.4, -0.2) is 100 Å². The van der Waals surface area contributed by atoms with Crippen LogP contribution in [0.2, 0.25) is 0 Å². The molecule has 2 fully saturated rings. The lowest BCUT2D eigenvalue weighted by Crippen LogP contribution is -2.53. The van der Waals surface area contributed by atoms with Crippen LogP contribution in [0, 0.1) is 35.5 Å². The van der Waals surface area contributed by atoms with Crippen molar-refractivity contribution < 1.29 is 63.0 Å². The minimum atomic E-state index is -1.63. The van der Waals surface area contributed by atoms with Crippen LogP contribution in [0.25, 0.3) is 0 Å². The van der Waals surface area contributed by atoms with Gasteiger partial charge in [-0.1, -0.05) is 48.5 Å². The number of carbonyl (C=O) groups excluding carboxylic acids is 5. The van der Waals surface area contributed by atoms with Gasteiger partial charge in [0.25, 0.3) is 0 Å². The molecule has 3 heterocycles. The number of ketones is 2. The minimum Gasteiger partial charge on any atom is -0.459 e. The highest BCUT2D eigenvalue weighted by Gasteiger charge is 2.48. The molecule has 0 aliphatic carbocycles. The topological polar surface area (TPSA) is 192 Å². The standard InChI is InChI=1S/C41H66O13/c1-21(2)36(51-34(47)20-31(45)35-27(8)39(48)52-40(35)49)38(50-10)32(46)19-30(44)26(7)29(43)13-11-24(5)37-25(6)16-18-41(54-37)17-15-23(4)33(53-41)14-12-22(3)28(9)42/h21-26,29,31-33,36-38,43,45-46H,11-20H2,1-10H3/t22-,23+,24+,25-,26-,29-,31+,32+,33-,36+,37-,38-,41+/m0/s1/i12+1,15+1,24+1,25+1,26+1,27+1. The van der Waals surface area contributed by atoms with Gasteiger partial charge in [-0.05, 0) is 76.0 Å². The molecule has 308 valence electrons. The Morgan fingerprint density at radius 2 is 1.48 bits per heavy atom. The van der Waals surface area contributed by atoms with Gasteiger partial charge in [-0.2, -0.15) is 0 Å². The molecule has 3 aliphatic heterocycles. The molecule has 0 bridgehead atoms. The van der Waals surface area contributed by atoms with Crippen molar-refractivity contribution in [3.63, 3.8) is 0 Å². The summed E-state index contributed by atoms with van der Waals surface area (Å²) < 4.78 is 29.1. The molecule has 0 saturated carbocycles. The van der Waals surface area contributed by atoms with Crippen LogP contribution < -0.4 is 0 Å². The van der Waals surface area contributed by atoms with E-state index in [-0.39, 0.29) is 65.0 Å². The molecular formula is C41H66O13. The van der Waals surface area contributed by atoms with Gasteiger partial charge in [-0.15, -0.1) is 0 Å². The van der Waals surface area contributed by atoms with E-state index in [4.69, 9.17) is 18.9 Å². The number of hydrogen-bond acceptors (Lipinski definition) is 13. The highest BCUT2D eigenvalue weighted by atomic mass is 16.7. The predicted octanol–water partition coefficient (Wildman–Crippen LogP) is 4.79. The zero-order chi connectivity index (χ0) is 40.7. The fraction of sp³-hybridized carbons (Fsp3) is 0.829. The summed E-state index contributed by atoms with van der Waals surface area (Å²) in [7, 11) is 1.32. The van der Waals surface area contributed by atoms with Gasteiger partial charge in [0, 0.05) is 43.8 Å². The van der Waals surface area contributed by atoms with E-state index in [0.717, 1.165) is 38.5 Å². The minimum absolute atomic E-state index is 0.00210. The van der Waals surface area contributed by atoms with Crippen molar-refractivity contribution in [3.05, 3.63) is 11.1 Å². The molecule has 1 spiro atoms. The highest BCUT2D eigenvalue weighted by Crippen LogP contribution is 2.45. The van der Waals surface area contributed by atoms with Crippen LogP contribution in [0.3, 0.4) is 0 Å². The molecule has 0 unspecified atom stereocenters. The Hall–Kier alpha value is -2.55. The summed E-state index contributed by atoms with van der Waals surface area (Å²) in [6.07, 6.45) is -1.03.